The van der Waals surface area contributed by atoms with E-state index in [1.165, 1.54) is 6.07 Å². The van der Waals surface area contributed by atoms with Gasteiger partial charge in [0.2, 0.25) is 5.91 Å². The predicted molar refractivity (Wildman–Crippen MR) is 153 cm³/mol. The van der Waals surface area contributed by atoms with Crippen LogP contribution in [0.1, 0.15) is 41.6 Å². The van der Waals surface area contributed by atoms with Crippen LogP contribution in [0.5, 0.6) is 5.75 Å². The highest BCUT2D eigenvalue weighted by Crippen LogP contribution is 2.41. The molecule has 2 fully saturated rings. The number of carboxylic acids is 1. The van der Waals surface area contributed by atoms with Gasteiger partial charge in [0.15, 0.2) is 0 Å². The maximum atomic E-state index is 13.0. The van der Waals surface area contributed by atoms with Crippen LogP contribution in [0.25, 0.3) is 0 Å². The molecule has 1 aliphatic carbocycles. The van der Waals surface area contributed by atoms with Crippen LogP contribution in [0.15, 0.2) is 78.9 Å². The molecule has 2 aliphatic rings. The zero-order valence-corrected chi connectivity index (χ0v) is 23.0. The monoisotopic (exact) mass is 575 g/mol. The molecule has 1 saturated heterocycles. The van der Waals surface area contributed by atoms with Crippen molar-refractivity contribution in [2.45, 2.75) is 43.7 Å². The topological polar surface area (TPSA) is 125 Å². The number of carbonyl (C=O) groups is 4. The van der Waals surface area contributed by atoms with Gasteiger partial charge in [0, 0.05) is 12.1 Å². The molecular weight excluding hydrogens is 546 g/mol. The fourth-order valence-corrected chi connectivity index (χ4v) is 5.80. The highest BCUT2D eigenvalue weighted by Gasteiger charge is 2.51. The first-order valence-electron chi connectivity index (χ1n) is 13.5. The van der Waals surface area contributed by atoms with Crippen LogP contribution in [-0.4, -0.2) is 47.1 Å². The van der Waals surface area contributed by atoms with Crippen molar-refractivity contribution in [1.29, 1.82) is 0 Å². The molecule has 1 aliphatic heterocycles. The lowest BCUT2D eigenvalue weighted by molar-refractivity contribution is -0.141. The lowest BCUT2D eigenvalue weighted by Crippen LogP contribution is -2.52. The molecule has 10 heteroatoms. The smallest absolute Gasteiger partial charge is 0.326 e. The van der Waals surface area contributed by atoms with Crippen molar-refractivity contribution in [3.8, 4) is 5.75 Å². The van der Waals surface area contributed by atoms with Crippen LogP contribution in [-0.2, 0) is 20.8 Å². The van der Waals surface area contributed by atoms with Gasteiger partial charge in [0.25, 0.3) is 5.91 Å². The van der Waals surface area contributed by atoms with Gasteiger partial charge in [-0.15, -0.1) is 0 Å². The van der Waals surface area contributed by atoms with Gasteiger partial charge in [0.1, 0.15) is 17.3 Å². The molecule has 0 radical (unpaired) electrons. The Labute approximate surface area is 242 Å². The molecule has 2 amide bonds. The molecule has 0 bridgehead atoms. The summed E-state index contributed by atoms with van der Waals surface area (Å²) in [6.45, 7) is 0.441. The van der Waals surface area contributed by atoms with Crippen molar-refractivity contribution in [3.63, 3.8) is 0 Å². The van der Waals surface area contributed by atoms with E-state index in [4.69, 9.17) is 16.3 Å². The van der Waals surface area contributed by atoms with E-state index in [0.29, 0.717) is 43.7 Å². The molecular formula is C31H30ClN3O6. The maximum Gasteiger partial charge on any atom is 0.326 e. The first kappa shape index (κ1) is 28.2. The van der Waals surface area contributed by atoms with Crippen molar-refractivity contribution in [2.75, 3.05) is 11.6 Å². The summed E-state index contributed by atoms with van der Waals surface area (Å²) in [5.41, 5.74) is 1.14. The number of ether oxygens (including phenoxy) is 1. The van der Waals surface area contributed by atoms with E-state index in [1.54, 1.807) is 42.5 Å². The number of hydrogen-bond donors (Lipinski definition) is 3. The van der Waals surface area contributed by atoms with Gasteiger partial charge < -0.3 is 25.4 Å². The lowest BCUT2D eigenvalue weighted by atomic mass is 9.75. The van der Waals surface area contributed by atoms with Crippen molar-refractivity contribution in [2.24, 2.45) is 5.92 Å². The van der Waals surface area contributed by atoms with E-state index in [9.17, 15) is 24.3 Å². The Morgan fingerprint density at radius 2 is 1.66 bits per heavy atom. The molecule has 3 aromatic rings. The number of amides is 2. The maximum absolute atomic E-state index is 13.0. The molecule has 1 heterocycles. The summed E-state index contributed by atoms with van der Waals surface area (Å²) in [7, 11) is 0. The second kappa shape index (κ2) is 12.0. The normalized spacial score (nSPS) is 20.8. The van der Waals surface area contributed by atoms with E-state index in [1.807, 2.05) is 30.3 Å². The molecule has 3 N–H and O–H groups in total. The Balaban J connectivity index is 1.17. The summed E-state index contributed by atoms with van der Waals surface area (Å²) >= 11 is 6.06. The van der Waals surface area contributed by atoms with Crippen molar-refractivity contribution < 1.29 is 29.0 Å². The van der Waals surface area contributed by atoms with Crippen LogP contribution in [0.3, 0.4) is 0 Å². The van der Waals surface area contributed by atoms with Crippen molar-refractivity contribution >= 4 is 41.0 Å². The summed E-state index contributed by atoms with van der Waals surface area (Å²) in [5, 5.41) is 15.3. The standard InChI is InChI=1S/C31H30ClN3O6/c32-25-9-5-4-8-24(25)27(36)34-26(28(37)38)18-20-10-12-23(13-11-20)41-29(39)21-14-16-31(17-15-21)30(40)33-19-35(31)22-6-2-1-3-7-22/h1-13,21,26H,14-19H2,(H,33,40)(H,34,36)(H,37,38)/t21?,26-,31?/m0/s1. The number of nitrogens with one attached hydrogen (secondary N) is 2. The summed E-state index contributed by atoms with van der Waals surface area (Å²) in [5.74, 6) is -2.11. The number of nitrogens with zero attached hydrogens (tertiary/aromatic N) is 1. The summed E-state index contributed by atoms with van der Waals surface area (Å²) in [6.07, 6.45) is 2.18. The van der Waals surface area contributed by atoms with Crippen LogP contribution in [0.2, 0.25) is 5.02 Å². The van der Waals surface area contributed by atoms with Crippen LogP contribution in [0.4, 0.5) is 5.69 Å². The predicted octanol–water partition coefficient (Wildman–Crippen LogP) is 4.19. The molecule has 1 saturated carbocycles. The molecule has 0 unspecified atom stereocenters. The molecule has 212 valence electrons. The van der Waals surface area contributed by atoms with E-state index < -0.39 is 23.5 Å². The fraction of sp³-hybridized carbons (Fsp3) is 0.290. The third-order valence-electron chi connectivity index (χ3n) is 7.85. The number of esters is 1. The van der Waals surface area contributed by atoms with Crippen LogP contribution < -0.4 is 20.3 Å². The summed E-state index contributed by atoms with van der Waals surface area (Å²) in [6, 6.07) is 21.6. The molecule has 1 spiro atoms. The molecule has 9 nitrogen and oxygen atoms in total. The largest absolute Gasteiger partial charge is 0.480 e. The number of para-hydroxylation sites is 1. The van der Waals surface area contributed by atoms with Gasteiger partial charge in [-0.3, -0.25) is 14.4 Å². The molecule has 3 aromatic carbocycles. The number of benzene rings is 3. The Hall–Kier alpha value is -4.37. The lowest BCUT2D eigenvalue weighted by Gasteiger charge is -2.41. The van der Waals surface area contributed by atoms with Gasteiger partial charge >= 0.3 is 11.9 Å². The minimum absolute atomic E-state index is 0.00789. The minimum atomic E-state index is -1.18. The average molecular weight is 576 g/mol. The third-order valence-corrected chi connectivity index (χ3v) is 8.18. The second-order valence-electron chi connectivity index (χ2n) is 10.3. The number of rotatable bonds is 8. The fourth-order valence-electron chi connectivity index (χ4n) is 5.57. The first-order valence-corrected chi connectivity index (χ1v) is 13.8. The SMILES string of the molecule is O=C(N[C@@H](Cc1ccc(OC(=O)C2CCC3(CC2)C(=O)NCN3c2ccccc2)cc1)C(=O)O)c1ccccc1Cl. The highest BCUT2D eigenvalue weighted by molar-refractivity contribution is 6.33. The average Bonchev–Trinajstić information content (AvgIpc) is 3.29. The Kier molecular flexibility index (Phi) is 8.26. The zero-order chi connectivity index (χ0) is 29.0. The quantitative estimate of drug-likeness (QED) is 0.272. The number of carbonyl (C=O) groups excluding carboxylic acids is 3. The number of carboxylic acid groups (broad SMARTS) is 1. The zero-order valence-electron chi connectivity index (χ0n) is 22.2. The van der Waals surface area contributed by atoms with Gasteiger partial charge in [-0.2, -0.15) is 0 Å². The first-order chi connectivity index (χ1) is 19.8. The number of aliphatic carboxylic acids is 1. The molecule has 5 rings (SSSR count). The van der Waals surface area contributed by atoms with E-state index >= 15 is 0 Å². The van der Waals surface area contributed by atoms with Crippen LogP contribution >= 0.6 is 11.6 Å². The van der Waals surface area contributed by atoms with Gasteiger partial charge in [-0.1, -0.05) is 54.1 Å². The molecule has 41 heavy (non-hydrogen) atoms. The van der Waals surface area contributed by atoms with Gasteiger partial charge in [-0.25, -0.2) is 4.79 Å². The van der Waals surface area contributed by atoms with E-state index in [0.717, 1.165) is 5.69 Å². The van der Waals surface area contributed by atoms with E-state index in [2.05, 4.69) is 15.5 Å². The Morgan fingerprint density at radius 1 is 1.00 bits per heavy atom. The van der Waals surface area contributed by atoms with Crippen molar-refractivity contribution in [3.05, 3.63) is 95.0 Å². The molecule has 0 aromatic heterocycles. The number of hydrogen-bond acceptors (Lipinski definition) is 6. The number of halogens is 1. The second-order valence-corrected chi connectivity index (χ2v) is 10.8. The van der Waals surface area contributed by atoms with Crippen molar-refractivity contribution in [1.82, 2.24) is 10.6 Å². The highest BCUT2D eigenvalue weighted by atomic mass is 35.5. The Morgan fingerprint density at radius 3 is 2.32 bits per heavy atom. The van der Waals surface area contributed by atoms with Gasteiger partial charge in [0.05, 0.1) is 23.2 Å². The van der Waals surface area contributed by atoms with Gasteiger partial charge in [-0.05, 0) is 67.6 Å². The number of anilines is 1. The van der Waals surface area contributed by atoms with E-state index in [-0.39, 0.29) is 34.8 Å². The third kappa shape index (κ3) is 6.05. The Bertz CT molecular complexity index is 1440. The molecule has 1 atom stereocenters. The van der Waals surface area contributed by atoms with Crippen LogP contribution in [0, 0.1) is 5.92 Å². The summed E-state index contributed by atoms with van der Waals surface area (Å²) < 4.78 is 5.63. The summed E-state index contributed by atoms with van der Waals surface area (Å²) in [4.78, 5) is 52.3. The minimum Gasteiger partial charge on any atom is -0.480 e.